The number of ketones is 1. The molecule has 0 saturated carbocycles. The fourth-order valence-electron chi connectivity index (χ4n) is 7.60. The van der Waals surface area contributed by atoms with Crippen molar-refractivity contribution in [3.63, 3.8) is 0 Å². The van der Waals surface area contributed by atoms with Gasteiger partial charge in [-0.3, -0.25) is 35.1 Å². The highest BCUT2D eigenvalue weighted by molar-refractivity contribution is 8.76. The molecular weight excluding hydrogens is 909 g/mol. The van der Waals surface area contributed by atoms with Crippen molar-refractivity contribution in [2.75, 3.05) is 31.3 Å². The van der Waals surface area contributed by atoms with Crippen LogP contribution in [-0.4, -0.2) is 78.8 Å². The molecule has 12 nitrogen and oxygen atoms in total. The largest absolute Gasteiger partial charge is 0.462 e. The maximum Gasteiger partial charge on any atom is 0.306 e. The lowest BCUT2D eigenvalue weighted by Gasteiger charge is -2.18. The van der Waals surface area contributed by atoms with Crippen LogP contribution in [0.3, 0.4) is 0 Å². The van der Waals surface area contributed by atoms with Gasteiger partial charge in [0.25, 0.3) is 0 Å². The molecule has 0 aromatic rings. The van der Waals surface area contributed by atoms with Gasteiger partial charge in [0.2, 0.25) is 11.7 Å². The molecular formula is C55H102N4O8S2+2. The molecule has 14 heteroatoms. The van der Waals surface area contributed by atoms with Gasteiger partial charge in [-0.05, 0) is 83.5 Å². The standard InChI is InChI=1S/C55H100N4O8S2/c1-3-5-7-9-11-13-15-17-19-21-23-25-27-29-31-39-53(62)65-46-48(67-55(64)40-32-30-28-26-24-22-20-18-16-14-12-10-8-6-4-2)47-66-54(63)42-41-52(61)59-43-45-69-68-44-35-37-50(60)49(56)36-33-34-38-51(57)58/h17-20,48-49H,3-16,21-47,56H2,1-2H3,(H3,57,58)(H,59,61)/p+2/b19-17-,20-18-/t48-,49?/m0/s1. The van der Waals surface area contributed by atoms with Crippen molar-refractivity contribution >= 4 is 57.0 Å². The van der Waals surface area contributed by atoms with E-state index < -0.39 is 18.0 Å². The first kappa shape index (κ1) is 66.2. The highest BCUT2D eigenvalue weighted by Crippen LogP contribution is 2.22. The van der Waals surface area contributed by atoms with Gasteiger partial charge in [-0.2, -0.15) is 0 Å². The van der Waals surface area contributed by atoms with Crippen molar-refractivity contribution < 1.29 is 49.3 Å². The monoisotopic (exact) mass is 1010 g/mol. The smallest absolute Gasteiger partial charge is 0.306 e. The molecule has 2 atom stereocenters. The minimum Gasteiger partial charge on any atom is -0.462 e. The summed E-state index contributed by atoms with van der Waals surface area (Å²) in [6, 6.07) is -0.202. The second-order valence-corrected chi connectivity index (χ2v) is 21.4. The first-order valence-corrected chi connectivity index (χ1v) is 30.1. The summed E-state index contributed by atoms with van der Waals surface area (Å²) in [7, 11) is 3.29. The van der Waals surface area contributed by atoms with E-state index in [1.54, 1.807) is 21.6 Å². The molecule has 0 saturated heterocycles. The second-order valence-electron chi connectivity index (χ2n) is 18.7. The fourth-order valence-corrected chi connectivity index (χ4v) is 9.60. The molecule has 0 aliphatic rings. The minimum atomic E-state index is -0.921. The Balaban J connectivity index is 4.52. The van der Waals surface area contributed by atoms with Gasteiger partial charge in [-0.1, -0.05) is 162 Å². The number of ether oxygens (including phenoxy) is 3. The summed E-state index contributed by atoms with van der Waals surface area (Å²) >= 11 is 0. The molecule has 8 N–H and O–H groups in total. The predicted molar refractivity (Wildman–Crippen MR) is 288 cm³/mol. The molecule has 0 aliphatic carbocycles. The zero-order valence-corrected chi connectivity index (χ0v) is 45.5. The SMILES string of the molecule is CCCCCCCC/C=C\CCCCCCCC(=O)OC[C@@H](COC(=O)CCC(=O)NCCSSCCCC(=O)C([NH3+])CCCCC(N)=[NH2+])OC(=O)CCCCCCC/C=C\CCCCCCCC. The average molecular weight is 1010 g/mol. The zero-order chi connectivity index (χ0) is 50.7. The summed E-state index contributed by atoms with van der Waals surface area (Å²) in [5.41, 5.74) is 9.49. The van der Waals surface area contributed by atoms with Crippen LogP contribution in [0.4, 0.5) is 0 Å². The Morgan fingerprint density at radius 3 is 1.46 bits per heavy atom. The van der Waals surface area contributed by atoms with Crippen molar-refractivity contribution in [3.8, 4) is 0 Å². The normalized spacial score (nSPS) is 12.3. The number of carbonyl (C=O) groups is 5. The maximum atomic E-state index is 12.8. The van der Waals surface area contributed by atoms with Crippen LogP contribution in [0.15, 0.2) is 24.3 Å². The molecule has 0 heterocycles. The van der Waals surface area contributed by atoms with Crippen LogP contribution in [-0.2, 0) is 38.2 Å². The quantitative estimate of drug-likeness (QED) is 0.00858. The van der Waals surface area contributed by atoms with Gasteiger partial charge >= 0.3 is 17.9 Å². The number of esters is 3. The Bertz CT molecular complexity index is 1350. The number of hydrogen-bond donors (Lipinski definition) is 4. The molecule has 1 unspecified atom stereocenters. The summed E-state index contributed by atoms with van der Waals surface area (Å²) < 4.78 is 16.6. The number of nitrogens with two attached hydrogens (primary N) is 2. The lowest BCUT2D eigenvalue weighted by molar-refractivity contribution is -0.404. The number of quaternary nitrogens is 1. The summed E-state index contributed by atoms with van der Waals surface area (Å²) in [6.45, 7) is 4.50. The zero-order valence-electron chi connectivity index (χ0n) is 43.9. The van der Waals surface area contributed by atoms with E-state index in [-0.39, 0.29) is 62.6 Å². The number of amidine groups is 1. The van der Waals surface area contributed by atoms with E-state index in [1.165, 1.54) is 89.9 Å². The molecule has 0 rings (SSSR count). The van der Waals surface area contributed by atoms with Crippen LogP contribution < -0.4 is 22.2 Å². The summed E-state index contributed by atoms with van der Waals surface area (Å²) in [5, 5.41) is 8.32. The number of nitrogens with one attached hydrogen (secondary N) is 1. The number of hydrogen-bond acceptors (Lipinski definition) is 10. The van der Waals surface area contributed by atoms with Gasteiger partial charge in [0.05, 0.1) is 6.42 Å². The molecule has 0 spiro atoms. The van der Waals surface area contributed by atoms with Crippen LogP contribution in [0.5, 0.6) is 0 Å². The molecule has 69 heavy (non-hydrogen) atoms. The first-order chi connectivity index (χ1) is 33.6. The van der Waals surface area contributed by atoms with Crippen molar-refractivity contribution in [2.24, 2.45) is 5.73 Å². The van der Waals surface area contributed by atoms with E-state index in [9.17, 15) is 24.0 Å². The van der Waals surface area contributed by atoms with Crippen LogP contribution in [0.2, 0.25) is 0 Å². The third kappa shape index (κ3) is 49.9. The van der Waals surface area contributed by atoms with E-state index in [4.69, 9.17) is 25.4 Å². The summed E-state index contributed by atoms with van der Waals surface area (Å²) in [5.74, 6) is 0.496. The number of allylic oxidation sites excluding steroid dienone is 4. The first-order valence-electron chi connectivity index (χ1n) is 27.6. The van der Waals surface area contributed by atoms with E-state index in [0.717, 1.165) is 102 Å². The van der Waals surface area contributed by atoms with Gasteiger partial charge in [-0.15, -0.1) is 0 Å². The van der Waals surface area contributed by atoms with Gasteiger partial charge in [0.15, 0.2) is 11.9 Å². The van der Waals surface area contributed by atoms with Crippen LogP contribution in [0.25, 0.3) is 0 Å². The van der Waals surface area contributed by atoms with E-state index in [1.807, 2.05) is 0 Å². The molecule has 0 radical (unpaired) electrons. The van der Waals surface area contributed by atoms with Crippen LogP contribution in [0.1, 0.15) is 245 Å². The third-order valence-electron chi connectivity index (χ3n) is 12.0. The summed E-state index contributed by atoms with van der Waals surface area (Å²) in [6.07, 6.45) is 43.5. The second kappa shape index (κ2) is 51.5. The van der Waals surface area contributed by atoms with Crippen molar-refractivity contribution in [2.45, 2.75) is 257 Å². The fraction of sp³-hybridized carbons (Fsp3) is 0.818. The summed E-state index contributed by atoms with van der Waals surface area (Å²) in [4.78, 5) is 62.8. The van der Waals surface area contributed by atoms with E-state index in [2.05, 4.69) is 49.2 Å². The molecule has 0 bridgehead atoms. The predicted octanol–water partition coefficient (Wildman–Crippen LogP) is 11.0. The van der Waals surface area contributed by atoms with E-state index in [0.29, 0.717) is 37.4 Å². The van der Waals surface area contributed by atoms with Crippen molar-refractivity contribution in [1.82, 2.24) is 5.32 Å². The Morgan fingerprint density at radius 1 is 0.522 bits per heavy atom. The van der Waals surface area contributed by atoms with Crippen LogP contribution >= 0.6 is 21.6 Å². The Labute approximate surface area is 428 Å². The number of carbonyl (C=O) groups excluding carboxylic acids is 5. The molecule has 0 aromatic heterocycles. The van der Waals surface area contributed by atoms with Gasteiger partial charge in [-0.25, -0.2) is 0 Å². The maximum absolute atomic E-state index is 12.8. The lowest BCUT2D eigenvalue weighted by Crippen LogP contribution is -2.64. The van der Waals surface area contributed by atoms with Gasteiger partial charge in [0, 0.05) is 56.6 Å². The number of unbranched alkanes of at least 4 members (excludes halogenated alkanes) is 23. The minimum absolute atomic E-state index is 0.0340. The van der Waals surface area contributed by atoms with Gasteiger partial charge in [0.1, 0.15) is 19.3 Å². The van der Waals surface area contributed by atoms with Gasteiger partial charge < -0.3 is 25.3 Å². The Kier molecular flexibility index (Phi) is 49.4. The molecule has 1 amide bonds. The molecule has 0 fully saturated rings. The van der Waals surface area contributed by atoms with E-state index >= 15 is 0 Å². The van der Waals surface area contributed by atoms with Crippen LogP contribution in [0, 0.1) is 0 Å². The van der Waals surface area contributed by atoms with Crippen molar-refractivity contribution in [1.29, 1.82) is 0 Å². The topological polar surface area (TPSA) is 204 Å². The lowest BCUT2D eigenvalue weighted by atomic mass is 10.0. The Hall–Kier alpha value is -2.84. The number of Topliss-reactive ketones (excluding diaryl/α,β-unsaturated/α-hetero) is 1. The number of amides is 1. The highest BCUT2D eigenvalue weighted by Gasteiger charge is 2.20. The molecule has 400 valence electrons. The highest BCUT2D eigenvalue weighted by atomic mass is 33.1. The van der Waals surface area contributed by atoms with Crippen molar-refractivity contribution in [3.05, 3.63) is 24.3 Å². The third-order valence-corrected chi connectivity index (χ3v) is 14.5. The molecule has 0 aliphatic heterocycles. The number of rotatable bonds is 52. The average Bonchev–Trinajstić information content (AvgIpc) is 3.33. The Morgan fingerprint density at radius 2 is 0.957 bits per heavy atom. The molecule has 0 aromatic carbocycles.